The molecule has 0 heterocycles. The number of allylic oxidation sites excluding steroid dienone is 3. The van der Waals surface area contributed by atoms with Crippen LogP contribution in [0.1, 0.15) is 26.3 Å². The van der Waals surface area contributed by atoms with E-state index >= 15 is 0 Å². The minimum absolute atomic E-state index is 0. The zero-order chi connectivity index (χ0) is 20.9. The van der Waals surface area contributed by atoms with E-state index in [0.29, 0.717) is 5.69 Å². The van der Waals surface area contributed by atoms with E-state index in [2.05, 4.69) is 5.32 Å². The SMILES string of the molecule is Cc1ccc(NC2=CC(S(=O)(=O)[O-])=C(N)C3C(=O)c4ccccc4C(=O)C23)cc1.[Na+]. The van der Waals surface area contributed by atoms with Gasteiger partial charge in [-0.15, -0.1) is 0 Å². The molecule has 3 N–H and O–H groups in total. The number of aryl methyl sites for hydroxylation is 1. The van der Waals surface area contributed by atoms with E-state index in [0.717, 1.165) is 11.6 Å². The van der Waals surface area contributed by atoms with Crippen molar-refractivity contribution in [2.24, 2.45) is 17.6 Å². The number of carbonyl (C=O) groups excluding carboxylic acids is 2. The van der Waals surface area contributed by atoms with Crippen molar-refractivity contribution in [3.8, 4) is 0 Å². The minimum atomic E-state index is -4.95. The van der Waals surface area contributed by atoms with Gasteiger partial charge in [-0.2, -0.15) is 0 Å². The van der Waals surface area contributed by atoms with Crippen LogP contribution in [-0.4, -0.2) is 24.5 Å². The number of anilines is 1. The summed E-state index contributed by atoms with van der Waals surface area (Å²) in [6.07, 6.45) is 1.07. The van der Waals surface area contributed by atoms with Crippen LogP contribution in [0.2, 0.25) is 0 Å². The number of ketones is 2. The Morgan fingerprint density at radius 1 is 0.933 bits per heavy atom. The van der Waals surface area contributed by atoms with Crippen LogP contribution in [0.3, 0.4) is 0 Å². The van der Waals surface area contributed by atoms with Crippen molar-refractivity contribution in [3.63, 3.8) is 0 Å². The van der Waals surface area contributed by atoms with Crippen LogP contribution < -0.4 is 40.6 Å². The molecule has 0 aromatic heterocycles. The summed E-state index contributed by atoms with van der Waals surface area (Å²) in [4.78, 5) is 25.6. The molecule has 2 aromatic carbocycles. The van der Waals surface area contributed by atoms with Crippen LogP contribution in [0.4, 0.5) is 5.69 Å². The Balaban J connectivity index is 0.00000256. The van der Waals surface area contributed by atoms with Crippen LogP contribution >= 0.6 is 0 Å². The Morgan fingerprint density at radius 3 is 2.00 bits per heavy atom. The summed E-state index contributed by atoms with van der Waals surface area (Å²) >= 11 is 0. The largest absolute Gasteiger partial charge is 1.00 e. The maximum atomic E-state index is 13.2. The Morgan fingerprint density at radius 2 is 1.47 bits per heavy atom. The predicted octanol–water partition coefficient (Wildman–Crippen LogP) is -0.664. The van der Waals surface area contributed by atoms with Gasteiger partial charge >= 0.3 is 29.6 Å². The fourth-order valence-corrected chi connectivity index (χ4v) is 4.48. The van der Waals surface area contributed by atoms with Gasteiger partial charge in [-0.3, -0.25) is 9.59 Å². The maximum absolute atomic E-state index is 13.2. The standard InChI is InChI=1S/C21H18N2O5S.Na/c1-11-6-8-12(9-7-11)23-15-10-16(29(26,27)28)19(22)18-17(15)20(24)13-4-2-3-5-14(13)21(18)25;/h2-10,17-18,23H,22H2,1H3,(H,26,27,28);/q;+1/p-1. The van der Waals surface area contributed by atoms with Crippen LogP contribution in [-0.2, 0) is 10.1 Å². The van der Waals surface area contributed by atoms with E-state index in [-0.39, 0.29) is 52.2 Å². The zero-order valence-electron chi connectivity index (χ0n) is 16.4. The van der Waals surface area contributed by atoms with Crippen molar-refractivity contribution in [3.05, 3.63) is 87.6 Å². The molecule has 148 valence electrons. The summed E-state index contributed by atoms with van der Waals surface area (Å²) < 4.78 is 35.4. The van der Waals surface area contributed by atoms with Gasteiger partial charge in [0.25, 0.3) is 0 Å². The van der Waals surface area contributed by atoms with Crippen molar-refractivity contribution in [2.75, 3.05) is 5.32 Å². The number of fused-ring (bicyclic) bond motifs is 2. The van der Waals surface area contributed by atoms with E-state index in [9.17, 15) is 22.6 Å². The third-order valence-corrected chi connectivity index (χ3v) is 6.10. The summed E-state index contributed by atoms with van der Waals surface area (Å²) in [5.74, 6) is -3.14. The van der Waals surface area contributed by atoms with Crippen molar-refractivity contribution >= 4 is 27.4 Å². The summed E-state index contributed by atoms with van der Waals surface area (Å²) in [6.45, 7) is 1.91. The summed E-state index contributed by atoms with van der Waals surface area (Å²) in [5, 5.41) is 3.01. The zero-order valence-corrected chi connectivity index (χ0v) is 19.2. The van der Waals surface area contributed by atoms with Gasteiger partial charge in [0.1, 0.15) is 10.1 Å². The molecule has 2 aliphatic rings. The first-order chi connectivity index (χ1) is 13.7. The molecule has 0 radical (unpaired) electrons. The van der Waals surface area contributed by atoms with E-state index in [4.69, 9.17) is 5.73 Å². The van der Waals surface area contributed by atoms with E-state index < -0.39 is 38.3 Å². The Bertz CT molecular complexity index is 1220. The molecule has 0 fully saturated rings. The van der Waals surface area contributed by atoms with Gasteiger partial charge in [-0.05, 0) is 25.1 Å². The van der Waals surface area contributed by atoms with Crippen molar-refractivity contribution in [1.29, 1.82) is 0 Å². The first-order valence-electron chi connectivity index (χ1n) is 8.87. The molecular weight excluding hydrogens is 415 g/mol. The molecule has 0 aliphatic heterocycles. The van der Waals surface area contributed by atoms with E-state index in [1.807, 2.05) is 19.1 Å². The molecule has 4 rings (SSSR count). The van der Waals surface area contributed by atoms with Gasteiger partial charge in [-0.25, -0.2) is 8.42 Å². The van der Waals surface area contributed by atoms with Gasteiger partial charge in [-0.1, -0.05) is 42.0 Å². The molecular formula is C21H17N2NaO5S. The molecule has 2 unspecified atom stereocenters. The first-order valence-corrected chi connectivity index (χ1v) is 10.3. The molecule has 2 aliphatic carbocycles. The van der Waals surface area contributed by atoms with Crippen molar-refractivity contribution in [2.45, 2.75) is 6.92 Å². The van der Waals surface area contributed by atoms with Crippen LogP contribution in [0.5, 0.6) is 0 Å². The van der Waals surface area contributed by atoms with Gasteiger partial charge in [0, 0.05) is 28.2 Å². The monoisotopic (exact) mass is 432 g/mol. The van der Waals surface area contributed by atoms with Gasteiger partial charge in [0.2, 0.25) is 0 Å². The summed E-state index contributed by atoms with van der Waals surface area (Å²) in [7, 11) is -4.95. The Labute approximate surface area is 196 Å². The molecule has 30 heavy (non-hydrogen) atoms. The number of Topliss-reactive ketones (excluding diaryl/α,β-unsaturated/α-hetero) is 2. The Kier molecular flexibility index (Phi) is 6.08. The van der Waals surface area contributed by atoms with Crippen molar-refractivity contribution < 1.29 is 52.1 Å². The average Bonchev–Trinajstić information content (AvgIpc) is 2.68. The van der Waals surface area contributed by atoms with E-state index in [1.54, 1.807) is 30.3 Å². The number of carbonyl (C=O) groups is 2. The molecule has 0 saturated heterocycles. The van der Waals surface area contributed by atoms with Crippen LogP contribution in [0, 0.1) is 18.8 Å². The number of hydrogen-bond donors (Lipinski definition) is 2. The first kappa shape index (κ1) is 22.5. The molecule has 7 nitrogen and oxygen atoms in total. The third-order valence-electron chi connectivity index (χ3n) is 5.21. The maximum Gasteiger partial charge on any atom is 1.00 e. The summed E-state index contributed by atoms with van der Waals surface area (Å²) in [6, 6.07) is 13.5. The molecule has 0 bridgehead atoms. The van der Waals surface area contributed by atoms with Gasteiger partial charge in [0.05, 0.1) is 16.7 Å². The molecule has 2 aromatic rings. The second-order valence-electron chi connectivity index (χ2n) is 7.09. The number of hydrogen-bond acceptors (Lipinski definition) is 7. The third kappa shape index (κ3) is 3.77. The average molecular weight is 432 g/mol. The van der Waals surface area contributed by atoms with E-state index in [1.165, 1.54) is 6.07 Å². The second-order valence-corrected chi connectivity index (χ2v) is 8.44. The van der Waals surface area contributed by atoms with Gasteiger partial charge in [0.15, 0.2) is 11.6 Å². The van der Waals surface area contributed by atoms with Gasteiger partial charge < -0.3 is 15.6 Å². The molecule has 9 heteroatoms. The Hall–Kier alpha value is -2.23. The fraction of sp³-hybridized carbons (Fsp3) is 0.143. The topological polar surface area (TPSA) is 129 Å². The predicted molar refractivity (Wildman–Crippen MR) is 106 cm³/mol. The van der Waals surface area contributed by atoms with Crippen LogP contribution in [0.15, 0.2) is 70.9 Å². The van der Waals surface area contributed by atoms with Crippen molar-refractivity contribution in [1.82, 2.24) is 0 Å². The number of benzene rings is 2. The number of nitrogens with two attached hydrogens (primary N) is 1. The second kappa shape index (κ2) is 8.13. The molecule has 0 spiro atoms. The number of rotatable bonds is 3. The quantitative estimate of drug-likeness (QED) is 0.486. The number of nitrogens with one attached hydrogen (secondary N) is 1. The molecule has 0 saturated carbocycles. The molecule has 2 atom stereocenters. The van der Waals surface area contributed by atoms with Crippen LogP contribution in [0.25, 0.3) is 0 Å². The summed E-state index contributed by atoms with van der Waals surface area (Å²) in [5.41, 5.74) is 7.72. The fourth-order valence-electron chi connectivity index (χ4n) is 3.79. The normalized spacial score (nSPS) is 20.7. The smallest absolute Gasteiger partial charge is 0.744 e. The minimum Gasteiger partial charge on any atom is -0.744 e. The molecule has 0 amide bonds.